The lowest BCUT2D eigenvalue weighted by atomic mass is 9.79. The zero-order chi connectivity index (χ0) is 10.2. The second-order valence-electron chi connectivity index (χ2n) is 5.18. The SMILES string of the molecule is CN1CCCC(C2CNCC2(C)F)C1. The summed E-state index contributed by atoms with van der Waals surface area (Å²) in [6.07, 6.45) is 2.43. The van der Waals surface area contributed by atoms with Crippen molar-refractivity contribution in [3.05, 3.63) is 0 Å². The van der Waals surface area contributed by atoms with Crippen molar-refractivity contribution in [2.75, 3.05) is 33.2 Å². The lowest BCUT2D eigenvalue weighted by molar-refractivity contribution is 0.0684. The number of rotatable bonds is 1. The number of halogens is 1. The Hall–Kier alpha value is -0.150. The van der Waals surface area contributed by atoms with Gasteiger partial charge in [0.1, 0.15) is 5.67 Å². The first-order valence-corrected chi connectivity index (χ1v) is 5.68. The average Bonchev–Trinajstić information content (AvgIpc) is 2.45. The van der Waals surface area contributed by atoms with Gasteiger partial charge < -0.3 is 10.2 Å². The fourth-order valence-electron chi connectivity index (χ4n) is 3.01. The van der Waals surface area contributed by atoms with Crippen LogP contribution in [-0.4, -0.2) is 43.8 Å². The molecular formula is C11H21FN2. The molecule has 2 saturated heterocycles. The first-order chi connectivity index (χ1) is 6.59. The molecule has 2 fully saturated rings. The summed E-state index contributed by atoms with van der Waals surface area (Å²) < 4.78 is 14.1. The summed E-state index contributed by atoms with van der Waals surface area (Å²) in [6, 6.07) is 0. The van der Waals surface area contributed by atoms with E-state index in [4.69, 9.17) is 0 Å². The van der Waals surface area contributed by atoms with Gasteiger partial charge in [0.05, 0.1) is 0 Å². The summed E-state index contributed by atoms with van der Waals surface area (Å²) in [6.45, 7) is 5.42. The van der Waals surface area contributed by atoms with Crippen LogP contribution in [0.15, 0.2) is 0 Å². The van der Waals surface area contributed by atoms with Crippen LogP contribution < -0.4 is 5.32 Å². The Morgan fingerprint density at radius 2 is 2.29 bits per heavy atom. The van der Waals surface area contributed by atoms with E-state index in [1.165, 1.54) is 19.4 Å². The van der Waals surface area contributed by atoms with Gasteiger partial charge in [-0.1, -0.05) is 0 Å². The summed E-state index contributed by atoms with van der Waals surface area (Å²) in [7, 11) is 2.14. The Labute approximate surface area is 85.9 Å². The van der Waals surface area contributed by atoms with Crippen molar-refractivity contribution < 1.29 is 4.39 Å². The molecule has 3 unspecified atom stereocenters. The Kier molecular flexibility index (Phi) is 2.80. The number of alkyl halides is 1. The molecule has 14 heavy (non-hydrogen) atoms. The Morgan fingerprint density at radius 1 is 1.50 bits per heavy atom. The third-order valence-corrected chi connectivity index (χ3v) is 3.84. The zero-order valence-electron chi connectivity index (χ0n) is 9.22. The highest BCUT2D eigenvalue weighted by atomic mass is 19.1. The molecule has 0 saturated carbocycles. The van der Waals surface area contributed by atoms with Gasteiger partial charge in [-0.05, 0) is 39.3 Å². The van der Waals surface area contributed by atoms with Crippen molar-refractivity contribution in [2.45, 2.75) is 25.4 Å². The molecule has 2 heterocycles. The minimum atomic E-state index is -0.983. The van der Waals surface area contributed by atoms with Gasteiger partial charge in [-0.2, -0.15) is 0 Å². The first-order valence-electron chi connectivity index (χ1n) is 5.68. The van der Waals surface area contributed by atoms with Crippen LogP contribution in [-0.2, 0) is 0 Å². The fourth-order valence-corrected chi connectivity index (χ4v) is 3.01. The normalized spacial score (nSPS) is 45.6. The highest BCUT2D eigenvalue weighted by Crippen LogP contribution is 2.36. The van der Waals surface area contributed by atoms with Crippen LogP contribution in [0.25, 0.3) is 0 Å². The quantitative estimate of drug-likeness (QED) is 0.686. The predicted octanol–water partition coefficient (Wildman–Crippen LogP) is 1.28. The van der Waals surface area contributed by atoms with Crippen molar-refractivity contribution in [1.29, 1.82) is 0 Å². The number of hydrogen-bond acceptors (Lipinski definition) is 2. The van der Waals surface area contributed by atoms with Crippen LogP contribution in [0.3, 0.4) is 0 Å². The number of hydrogen-bond donors (Lipinski definition) is 1. The van der Waals surface area contributed by atoms with Gasteiger partial charge in [0.2, 0.25) is 0 Å². The Balaban J connectivity index is 2.00. The molecule has 2 nitrogen and oxygen atoms in total. The van der Waals surface area contributed by atoms with Crippen LogP contribution in [0, 0.1) is 11.8 Å². The number of piperidine rings is 1. The van der Waals surface area contributed by atoms with Crippen LogP contribution in [0.1, 0.15) is 19.8 Å². The Morgan fingerprint density at radius 3 is 2.86 bits per heavy atom. The molecule has 82 valence electrons. The van der Waals surface area contributed by atoms with E-state index in [2.05, 4.69) is 17.3 Å². The minimum Gasteiger partial charge on any atom is -0.313 e. The molecule has 0 aromatic carbocycles. The summed E-state index contributed by atoms with van der Waals surface area (Å²) in [4.78, 5) is 2.34. The molecule has 0 amide bonds. The van der Waals surface area contributed by atoms with E-state index < -0.39 is 5.67 Å². The van der Waals surface area contributed by atoms with Gasteiger partial charge in [0, 0.05) is 25.6 Å². The molecule has 3 heteroatoms. The second kappa shape index (κ2) is 3.78. The van der Waals surface area contributed by atoms with Gasteiger partial charge in [0.15, 0.2) is 0 Å². The minimum absolute atomic E-state index is 0.227. The zero-order valence-corrected chi connectivity index (χ0v) is 9.22. The molecule has 2 aliphatic rings. The van der Waals surface area contributed by atoms with Crippen molar-refractivity contribution in [1.82, 2.24) is 10.2 Å². The van der Waals surface area contributed by atoms with E-state index in [-0.39, 0.29) is 5.92 Å². The summed E-state index contributed by atoms with van der Waals surface area (Å²) in [5, 5.41) is 3.18. The molecule has 0 bridgehead atoms. The molecule has 0 aromatic rings. The monoisotopic (exact) mass is 200 g/mol. The summed E-state index contributed by atoms with van der Waals surface area (Å²) in [5.74, 6) is 0.781. The average molecular weight is 200 g/mol. The molecule has 2 rings (SSSR count). The highest BCUT2D eigenvalue weighted by molar-refractivity contribution is 4.97. The maximum Gasteiger partial charge on any atom is 0.124 e. The van der Waals surface area contributed by atoms with Gasteiger partial charge in [-0.3, -0.25) is 0 Å². The van der Waals surface area contributed by atoms with Crippen molar-refractivity contribution in [3.63, 3.8) is 0 Å². The smallest absolute Gasteiger partial charge is 0.124 e. The van der Waals surface area contributed by atoms with Crippen LogP contribution in [0.4, 0.5) is 4.39 Å². The molecule has 0 aromatic heterocycles. The van der Waals surface area contributed by atoms with E-state index in [0.29, 0.717) is 12.5 Å². The van der Waals surface area contributed by atoms with Crippen LogP contribution >= 0.6 is 0 Å². The third-order valence-electron chi connectivity index (χ3n) is 3.84. The maximum atomic E-state index is 14.1. The van der Waals surface area contributed by atoms with Gasteiger partial charge in [0.25, 0.3) is 0 Å². The van der Waals surface area contributed by atoms with E-state index >= 15 is 0 Å². The summed E-state index contributed by atoms with van der Waals surface area (Å²) >= 11 is 0. The number of nitrogens with one attached hydrogen (secondary N) is 1. The Bertz CT molecular complexity index is 205. The standard InChI is InChI=1S/C11H21FN2/c1-11(12)8-13-6-10(11)9-4-3-5-14(2)7-9/h9-10,13H,3-8H2,1-2H3. The molecular weight excluding hydrogens is 179 g/mol. The lowest BCUT2D eigenvalue weighted by Gasteiger charge is -2.36. The second-order valence-corrected chi connectivity index (χ2v) is 5.18. The predicted molar refractivity (Wildman–Crippen MR) is 56.1 cm³/mol. The molecule has 0 radical (unpaired) electrons. The lowest BCUT2D eigenvalue weighted by Crippen LogP contribution is -2.42. The molecule has 0 aliphatic carbocycles. The topological polar surface area (TPSA) is 15.3 Å². The number of nitrogens with zero attached hydrogens (tertiary/aromatic N) is 1. The third kappa shape index (κ3) is 1.94. The molecule has 1 N–H and O–H groups in total. The first kappa shape index (κ1) is 10.4. The highest BCUT2D eigenvalue weighted by Gasteiger charge is 2.43. The molecule has 0 spiro atoms. The number of likely N-dealkylation sites (tertiary alicyclic amines) is 1. The van der Waals surface area contributed by atoms with E-state index in [0.717, 1.165) is 13.1 Å². The van der Waals surface area contributed by atoms with Crippen LogP contribution in [0.2, 0.25) is 0 Å². The molecule has 3 atom stereocenters. The fraction of sp³-hybridized carbons (Fsp3) is 1.00. The van der Waals surface area contributed by atoms with Crippen molar-refractivity contribution in [2.24, 2.45) is 11.8 Å². The van der Waals surface area contributed by atoms with Crippen molar-refractivity contribution >= 4 is 0 Å². The van der Waals surface area contributed by atoms with E-state index in [9.17, 15) is 4.39 Å². The van der Waals surface area contributed by atoms with Crippen LogP contribution in [0.5, 0.6) is 0 Å². The van der Waals surface area contributed by atoms with Crippen molar-refractivity contribution in [3.8, 4) is 0 Å². The maximum absolute atomic E-state index is 14.1. The van der Waals surface area contributed by atoms with Gasteiger partial charge >= 0.3 is 0 Å². The summed E-state index contributed by atoms with van der Waals surface area (Å²) in [5.41, 5.74) is -0.983. The van der Waals surface area contributed by atoms with Gasteiger partial charge in [-0.15, -0.1) is 0 Å². The van der Waals surface area contributed by atoms with E-state index in [1.54, 1.807) is 6.92 Å². The van der Waals surface area contributed by atoms with E-state index in [1.807, 2.05) is 0 Å². The molecule has 2 aliphatic heterocycles. The largest absolute Gasteiger partial charge is 0.313 e. The van der Waals surface area contributed by atoms with Gasteiger partial charge in [-0.25, -0.2) is 4.39 Å².